The molecular weight excluding hydrogens is 280 g/mol. The third-order valence-electron chi connectivity index (χ3n) is 4.34. The van der Waals surface area contributed by atoms with Crippen LogP contribution in [-0.2, 0) is 14.2 Å². The van der Waals surface area contributed by atoms with Crippen molar-refractivity contribution in [2.45, 2.75) is 84.0 Å². The summed E-state index contributed by atoms with van der Waals surface area (Å²) in [6, 6.07) is 0. The molecule has 0 aliphatic heterocycles. The standard InChI is InChI=1S/C18H36O4/c1-3-5-12-20-14-15-22-18(21-13-6-4-2)17(19)16-10-8-7-9-11-16/h16-19H,3-15H2,1-2H3. The Morgan fingerprint density at radius 3 is 2.18 bits per heavy atom. The minimum atomic E-state index is -0.507. The lowest BCUT2D eigenvalue weighted by Gasteiger charge is -2.32. The van der Waals surface area contributed by atoms with Crippen LogP contribution in [0.15, 0.2) is 0 Å². The van der Waals surface area contributed by atoms with Gasteiger partial charge in [-0.25, -0.2) is 0 Å². The van der Waals surface area contributed by atoms with Gasteiger partial charge >= 0.3 is 0 Å². The summed E-state index contributed by atoms with van der Waals surface area (Å²) in [4.78, 5) is 0. The van der Waals surface area contributed by atoms with Crippen molar-refractivity contribution in [3.63, 3.8) is 0 Å². The summed E-state index contributed by atoms with van der Waals surface area (Å²) in [6.45, 7) is 6.79. The van der Waals surface area contributed by atoms with Crippen molar-refractivity contribution in [1.29, 1.82) is 0 Å². The first-order chi connectivity index (χ1) is 10.8. The van der Waals surface area contributed by atoms with E-state index in [2.05, 4.69) is 13.8 Å². The largest absolute Gasteiger partial charge is 0.388 e. The van der Waals surface area contributed by atoms with Gasteiger partial charge in [-0.1, -0.05) is 46.0 Å². The molecule has 0 amide bonds. The normalized spacial score (nSPS) is 19.2. The molecule has 1 aliphatic rings. The molecule has 0 aromatic carbocycles. The lowest BCUT2D eigenvalue weighted by molar-refractivity contribution is -0.213. The number of aliphatic hydroxyl groups excluding tert-OH is 1. The molecule has 0 radical (unpaired) electrons. The molecule has 4 nitrogen and oxygen atoms in total. The van der Waals surface area contributed by atoms with Crippen LogP contribution < -0.4 is 0 Å². The molecule has 1 rings (SSSR count). The molecule has 0 spiro atoms. The van der Waals surface area contributed by atoms with Crippen LogP contribution in [0.1, 0.15) is 71.6 Å². The monoisotopic (exact) mass is 316 g/mol. The number of hydrogen-bond donors (Lipinski definition) is 1. The number of ether oxygens (including phenoxy) is 3. The molecule has 2 unspecified atom stereocenters. The zero-order chi connectivity index (χ0) is 16.0. The number of rotatable bonds is 13. The molecule has 0 aromatic heterocycles. The van der Waals surface area contributed by atoms with Crippen LogP contribution in [0.4, 0.5) is 0 Å². The maximum Gasteiger partial charge on any atom is 0.183 e. The molecule has 0 aromatic rings. The van der Waals surface area contributed by atoms with Crippen molar-refractivity contribution in [2.75, 3.05) is 26.4 Å². The topological polar surface area (TPSA) is 47.9 Å². The Labute approximate surface area is 136 Å². The molecule has 0 saturated heterocycles. The average molecular weight is 316 g/mol. The van der Waals surface area contributed by atoms with Gasteiger partial charge in [-0.15, -0.1) is 0 Å². The van der Waals surface area contributed by atoms with Gasteiger partial charge < -0.3 is 19.3 Å². The Morgan fingerprint density at radius 1 is 0.864 bits per heavy atom. The minimum Gasteiger partial charge on any atom is -0.388 e. The van der Waals surface area contributed by atoms with Crippen molar-refractivity contribution in [3.8, 4) is 0 Å². The molecule has 1 fully saturated rings. The minimum absolute atomic E-state index is 0.321. The van der Waals surface area contributed by atoms with Crippen LogP contribution in [0.2, 0.25) is 0 Å². The molecular formula is C18H36O4. The van der Waals surface area contributed by atoms with Crippen molar-refractivity contribution in [1.82, 2.24) is 0 Å². The summed E-state index contributed by atoms with van der Waals surface area (Å²) in [5, 5.41) is 10.6. The van der Waals surface area contributed by atoms with E-state index in [4.69, 9.17) is 14.2 Å². The van der Waals surface area contributed by atoms with E-state index in [9.17, 15) is 5.11 Å². The molecule has 0 heterocycles. The smallest absolute Gasteiger partial charge is 0.183 e. The van der Waals surface area contributed by atoms with Gasteiger partial charge in [0.2, 0.25) is 0 Å². The highest BCUT2D eigenvalue weighted by molar-refractivity contribution is 4.76. The van der Waals surface area contributed by atoms with E-state index in [0.29, 0.717) is 25.7 Å². The Balaban J connectivity index is 2.30. The summed E-state index contributed by atoms with van der Waals surface area (Å²) in [7, 11) is 0. The molecule has 0 bridgehead atoms. The fourth-order valence-corrected chi connectivity index (χ4v) is 2.86. The van der Waals surface area contributed by atoms with Gasteiger partial charge in [0.1, 0.15) is 6.10 Å². The summed E-state index contributed by atoms with van der Waals surface area (Å²) in [5.74, 6) is 0.321. The van der Waals surface area contributed by atoms with Gasteiger partial charge in [0, 0.05) is 13.2 Å². The van der Waals surface area contributed by atoms with Crippen LogP contribution in [0, 0.1) is 5.92 Å². The van der Waals surface area contributed by atoms with Gasteiger partial charge in [-0.2, -0.15) is 0 Å². The molecule has 22 heavy (non-hydrogen) atoms. The van der Waals surface area contributed by atoms with E-state index in [1.807, 2.05) is 0 Å². The van der Waals surface area contributed by atoms with Crippen LogP contribution >= 0.6 is 0 Å². The summed E-state index contributed by atoms with van der Waals surface area (Å²) in [5.41, 5.74) is 0. The molecule has 132 valence electrons. The summed E-state index contributed by atoms with van der Waals surface area (Å²) >= 11 is 0. The maximum atomic E-state index is 10.6. The second-order valence-corrected chi connectivity index (χ2v) is 6.32. The van der Waals surface area contributed by atoms with Gasteiger partial charge in [0.25, 0.3) is 0 Å². The Kier molecular flexibility index (Phi) is 12.0. The fraction of sp³-hybridized carbons (Fsp3) is 1.00. The van der Waals surface area contributed by atoms with Crippen LogP contribution in [0.5, 0.6) is 0 Å². The zero-order valence-electron chi connectivity index (χ0n) is 14.6. The number of unbranched alkanes of at least 4 members (excludes halogenated alkanes) is 2. The van der Waals surface area contributed by atoms with Gasteiger partial charge in [0.15, 0.2) is 6.29 Å². The Hall–Kier alpha value is -0.160. The van der Waals surface area contributed by atoms with Crippen molar-refractivity contribution in [2.24, 2.45) is 5.92 Å². The lowest BCUT2D eigenvalue weighted by atomic mass is 9.85. The third-order valence-corrected chi connectivity index (χ3v) is 4.34. The number of hydrogen-bond acceptors (Lipinski definition) is 4. The molecule has 1 N–H and O–H groups in total. The van der Waals surface area contributed by atoms with E-state index in [0.717, 1.165) is 45.1 Å². The molecule has 1 aliphatic carbocycles. The molecule has 1 saturated carbocycles. The summed E-state index contributed by atoms with van der Waals surface area (Å²) < 4.78 is 17.1. The van der Waals surface area contributed by atoms with E-state index in [-0.39, 0.29) is 0 Å². The highest BCUT2D eigenvalue weighted by Gasteiger charge is 2.30. The van der Waals surface area contributed by atoms with Crippen molar-refractivity contribution in [3.05, 3.63) is 0 Å². The summed E-state index contributed by atoms with van der Waals surface area (Å²) in [6.07, 6.45) is 9.21. The second kappa shape index (κ2) is 13.3. The first-order valence-corrected chi connectivity index (χ1v) is 9.28. The average Bonchev–Trinajstić information content (AvgIpc) is 2.56. The van der Waals surface area contributed by atoms with E-state index in [1.165, 1.54) is 19.3 Å². The van der Waals surface area contributed by atoms with Gasteiger partial charge in [0.05, 0.1) is 13.2 Å². The maximum absolute atomic E-state index is 10.6. The van der Waals surface area contributed by atoms with Crippen molar-refractivity contribution >= 4 is 0 Å². The predicted molar refractivity (Wildman–Crippen MR) is 88.9 cm³/mol. The second-order valence-electron chi connectivity index (χ2n) is 6.32. The third kappa shape index (κ3) is 8.47. The van der Waals surface area contributed by atoms with E-state index < -0.39 is 12.4 Å². The van der Waals surface area contributed by atoms with E-state index >= 15 is 0 Å². The van der Waals surface area contributed by atoms with Gasteiger partial charge in [-0.05, 0) is 31.6 Å². The zero-order valence-corrected chi connectivity index (χ0v) is 14.6. The highest BCUT2D eigenvalue weighted by Crippen LogP contribution is 2.28. The quantitative estimate of drug-likeness (QED) is 0.413. The van der Waals surface area contributed by atoms with E-state index in [1.54, 1.807) is 0 Å². The Bertz CT molecular complexity index is 241. The molecule has 4 heteroatoms. The molecule has 2 atom stereocenters. The van der Waals surface area contributed by atoms with Crippen LogP contribution in [0.25, 0.3) is 0 Å². The first-order valence-electron chi connectivity index (χ1n) is 9.28. The Morgan fingerprint density at radius 2 is 1.50 bits per heavy atom. The van der Waals surface area contributed by atoms with Crippen LogP contribution in [-0.4, -0.2) is 43.9 Å². The van der Waals surface area contributed by atoms with Gasteiger partial charge in [-0.3, -0.25) is 0 Å². The SMILES string of the molecule is CCCCOCCOC(OCCCC)C(O)C1CCCCC1. The fourth-order valence-electron chi connectivity index (χ4n) is 2.86. The highest BCUT2D eigenvalue weighted by atomic mass is 16.7. The predicted octanol–water partition coefficient (Wildman–Crippen LogP) is 3.90. The lowest BCUT2D eigenvalue weighted by Crippen LogP contribution is -2.39. The first kappa shape index (κ1) is 19.9. The van der Waals surface area contributed by atoms with Crippen molar-refractivity contribution < 1.29 is 19.3 Å². The number of aliphatic hydroxyl groups is 1. The van der Waals surface area contributed by atoms with Crippen LogP contribution in [0.3, 0.4) is 0 Å².